The van der Waals surface area contributed by atoms with Crippen molar-refractivity contribution < 1.29 is 47.1 Å². The van der Waals surface area contributed by atoms with Crippen LogP contribution in [-0.2, 0) is 51.2 Å². The molecule has 3 aromatic heterocycles. The van der Waals surface area contributed by atoms with Crippen molar-refractivity contribution in [2.75, 3.05) is 108 Å². The molecule has 1 saturated carbocycles. The molecule has 0 bridgehead atoms. The van der Waals surface area contributed by atoms with E-state index in [-0.39, 0.29) is 61.1 Å². The molecule has 1 unspecified atom stereocenters. The molecule has 2 N–H and O–H groups in total. The van der Waals surface area contributed by atoms with Gasteiger partial charge < -0.3 is 43.9 Å². The molecule has 1 aliphatic carbocycles. The molecule has 19 heteroatoms. The number of halogens is 1. The number of carbonyl (C=O) groups is 4. The number of hydrogen-bond acceptors (Lipinski definition) is 13. The number of anilines is 2. The molecule has 2 atom stereocenters. The Labute approximate surface area is 431 Å². The number of amides is 4. The van der Waals surface area contributed by atoms with Gasteiger partial charge in [-0.2, -0.15) is 0 Å². The van der Waals surface area contributed by atoms with E-state index >= 15 is 4.39 Å². The van der Waals surface area contributed by atoms with Crippen LogP contribution < -0.4 is 25.9 Å². The number of hydrogen-bond donors (Lipinski definition) is 2. The standard InChI is InChI=1S/C55H70FN9O9/c1-39-5-6-46(32-59-39)62-17-3-4-43(36-62)34-61(33-41-11-15-57-40(2)28-41)37-44-38-65(45-7-8-45)49-30-50(48(56)29-47(49)55(44)70)63-18-12-42(35-63)31-60-52(67)14-20-71-22-24-73-26-27-74-25-23-72-21-16-58-51(66)13-19-64-53(68)9-10-54(64)69/h5-6,9-11,15,28-30,32,34,38,42-43,45H,3-4,7-8,12-14,16-27,31,33,35-37H2,1-2H3,(H-,58,60,66,67)/p+1/t42-,43?/m1/s1. The summed E-state index contributed by atoms with van der Waals surface area (Å²) >= 11 is 0. The summed E-state index contributed by atoms with van der Waals surface area (Å²) in [6.45, 7) is 11.6. The Morgan fingerprint density at radius 1 is 0.770 bits per heavy atom. The highest BCUT2D eigenvalue weighted by molar-refractivity contribution is 6.13. The van der Waals surface area contributed by atoms with E-state index in [0.29, 0.717) is 102 Å². The van der Waals surface area contributed by atoms with Gasteiger partial charge >= 0.3 is 0 Å². The third-order valence-electron chi connectivity index (χ3n) is 13.8. The Bertz CT molecular complexity index is 2690. The van der Waals surface area contributed by atoms with Crippen LogP contribution in [0.2, 0.25) is 0 Å². The number of rotatable bonds is 28. The lowest BCUT2D eigenvalue weighted by atomic mass is 9.98. The molecule has 3 fully saturated rings. The fraction of sp³-hybridized carbons (Fsp3) is 0.527. The van der Waals surface area contributed by atoms with Crippen molar-refractivity contribution in [2.45, 2.75) is 77.9 Å². The fourth-order valence-corrected chi connectivity index (χ4v) is 9.76. The zero-order valence-electron chi connectivity index (χ0n) is 42.8. The van der Waals surface area contributed by atoms with Gasteiger partial charge in [0, 0.05) is 112 Å². The van der Waals surface area contributed by atoms with Gasteiger partial charge in [0.25, 0.3) is 11.8 Å². The molecule has 6 heterocycles. The summed E-state index contributed by atoms with van der Waals surface area (Å²) in [4.78, 5) is 76.6. The number of piperidine rings is 1. The Morgan fingerprint density at radius 3 is 2.22 bits per heavy atom. The quantitative estimate of drug-likeness (QED) is 0.0353. The van der Waals surface area contributed by atoms with E-state index in [4.69, 9.17) is 18.9 Å². The number of ether oxygens (including phenoxy) is 4. The lowest BCUT2D eigenvalue weighted by Crippen LogP contribution is -2.37. The second-order valence-corrected chi connectivity index (χ2v) is 19.7. The number of aryl methyl sites for hydroxylation is 2. The summed E-state index contributed by atoms with van der Waals surface area (Å²) in [6, 6.07) is 11.9. The number of benzene rings is 1. The van der Waals surface area contributed by atoms with Crippen molar-refractivity contribution in [1.82, 2.24) is 30.1 Å². The third-order valence-corrected chi connectivity index (χ3v) is 13.8. The molecule has 0 radical (unpaired) electrons. The van der Waals surface area contributed by atoms with Crippen LogP contribution in [-0.4, -0.2) is 153 Å². The van der Waals surface area contributed by atoms with Crippen molar-refractivity contribution in [1.29, 1.82) is 0 Å². The summed E-state index contributed by atoms with van der Waals surface area (Å²) in [6.07, 6.45) is 15.6. The fourth-order valence-electron chi connectivity index (χ4n) is 9.76. The molecule has 4 aromatic rings. The molecule has 4 aliphatic rings. The first-order valence-corrected chi connectivity index (χ1v) is 26.2. The minimum atomic E-state index is -0.414. The lowest BCUT2D eigenvalue weighted by molar-refractivity contribution is -0.557. The molecule has 18 nitrogen and oxygen atoms in total. The number of pyridine rings is 3. The molecule has 8 rings (SSSR count). The summed E-state index contributed by atoms with van der Waals surface area (Å²) in [5, 5.41) is 6.11. The second kappa shape index (κ2) is 26.7. The van der Waals surface area contributed by atoms with E-state index in [1.165, 1.54) is 18.2 Å². The van der Waals surface area contributed by atoms with Crippen molar-refractivity contribution in [3.8, 4) is 0 Å². The predicted octanol–water partition coefficient (Wildman–Crippen LogP) is 4.41. The van der Waals surface area contributed by atoms with Crippen molar-refractivity contribution in [2.24, 2.45) is 11.8 Å². The number of fused-ring (bicyclic) bond motifs is 1. The van der Waals surface area contributed by atoms with E-state index in [1.54, 1.807) is 0 Å². The third kappa shape index (κ3) is 15.6. The first-order valence-electron chi connectivity index (χ1n) is 26.2. The zero-order chi connectivity index (χ0) is 51.8. The first-order chi connectivity index (χ1) is 36.0. The van der Waals surface area contributed by atoms with E-state index < -0.39 is 17.6 Å². The van der Waals surface area contributed by atoms with Crippen LogP contribution in [0.15, 0.2) is 71.9 Å². The highest BCUT2D eigenvalue weighted by atomic mass is 19.1. The molecule has 74 heavy (non-hydrogen) atoms. The maximum Gasteiger partial charge on any atom is 0.253 e. The van der Waals surface area contributed by atoms with Crippen LogP contribution in [0.3, 0.4) is 0 Å². The maximum absolute atomic E-state index is 16.3. The summed E-state index contributed by atoms with van der Waals surface area (Å²) in [5.41, 5.74) is 5.91. The van der Waals surface area contributed by atoms with Gasteiger partial charge in [-0.1, -0.05) is 0 Å². The van der Waals surface area contributed by atoms with Gasteiger partial charge in [0.15, 0.2) is 18.5 Å². The highest BCUT2D eigenvalue weighted by Gasteiger charge is 2.31. The van der Waals surface area contributed by atoms with E-state index in [0.717, 1.165) is 78.2 Å². The molecule has 2 saturated heterocycles. The normalized spacial score (nSPS) is 18.0. The van der Waals surface area contributed by atoms with Gasteiger partial charge in [-0.05, 0) is 88.3 Å². The largest absolute Gasteiger partial charge is 0.379 e. The number of aromatic nitrogens is 3. The van der Waals surface area contributed by atoms with Crippen LogP contribution in [0, 0.1) is 31.5 Å². The van der Waals surface area contributed by atoms with Crippen molar-refractivity contribution >= 4 is 52.1 Å². The van der Waals surface area contributed by atoms with E-state index in [2.05, 4.69) is 59.1 Å². The molecule has 1 aromatic carbocycles. The number of imide groups is 1. The Morgan fingerprint density at radius 2 is 1.50 bits per heavy atom. The monoisotopic (exact) mass is 1020 g/mol. The second-order valence-electron chi connectivity index (χ2n) is 19.7. The van der Waals surface area contributed by atoms with Gasteiger partial charge in [0.05, 0.1) is 87.4 Å². The minimum Gasteiger partial charge on any atom is -0.379 e. The molecular formula is C55H71FN9O9+. The first kappa shape index (κ1) is 53.9. The number of nitrogens with zero attached hydrogens (tertiary/aromatic N) is 7. The topological polar surface area (TPSA) is 190 Å². The predicted molar refractivity (Wildman–Crippen MR) is 278 cm³/mol. The van der Waals surface area contributed by atoms with Gasteiger partial charge in [0.1, 0.15) is 12.0 Å². The summed E-state index contributed by atoms with van der Waals surface area (Å²) < 4.78 is 42.8. The molecular weight excluding hydrogens is 950 g/mol. The summed E-state index contributed by atoms with van der Waals surface area (Å²) in [7, 11) is 0. The molecule has 0 spiro atoms. The van der Waals surface area contributed by atoms with E-state index in [1.807, 2.05) is 49.5 Å². The van der Waals surface area contributed by atoms with E-state index in [9.17, 15) is 24.0 Å². The minimum absolute atomic E-state index is 0.0303. The van der Waals surface area contributed by atoms with Crippen LogP contribution in [0.4, 0.5) is 15.8 Å². The molecule has 396 valence electrons. The number of carbonyl (C=O) groups excluding carboxylic acids is 4. The van der Waals surface area contributed by atoms with Crippen molar-refractivity contribution in [3.05, 3.63) is 106 Å². The Hall–Kier alpha value is -6.41. The molecule has 3 aliphatic heterocycles. The maximum atomic E-state index is 16.3. The summed E-state index contributed by atoms with van der Waals surface area (Å²) in [5.74, 6) is -1.20. The smallest absolute Gasteiger partial charge is 0.253 e. The Kier molecular flexibility index (Phi) is 19.4. The molecule has 4 amide bonds. The van der Waals surface area contributed by atoms with Crippen LogP contribution in [0.1, 0.15) is 73.5 Å². The average molecular weight is 1020 g/mol. The Balaban J connectivity index is 0.742. The van der Waals surface area contributed by atoms with Gasteiger partial charge in [-0.25, -0.2) is 8.97 Å². The van der Waals surface area contributed by atoms with Crippen LogP contribution in [0.5, 0.6) is 0 Å². The van der Waals surface area contributed by atoms with Crippen LogP contribution >= 0.6 is 0 Å². The van der Waals surface area contributed by atoms with Gasteiger partial charge in [-0.3, -0.25) is 38.8 Å². The lowest BCUT2D eigenvalue weighted by Gasteiger charge is -2.32. The van der Waals surface area contributed by atoms with Crippen LogP contribution in [0.25, 0.3) is 10.9 Å². The zero-order valence-corrected chi connectivity index (χ0v) is 42.8. The average Bonchev–Trinajstić information content (AvgIpc) is 4.04. The highest BCUT2D eigenvalue weighted by Crippen LogP contribution is 2.39. The van der Waals surface area contributed by atoms with Crippen molar-refractivity contribution in [3.63, 3.8) is 0 Å². The van der Waals surface area contributed by atoms with Gasteiger partial charge in [0.2, 0.25) is 11.8 Å². The SMILES string of the molecule is Cc1ccc(N2CCCC(C=[N+](Cc3ccnc(C)c3)Cc3cn(C4CC4)c4cc(N5CC[C@H](CNC(=O)CCOCCOCCOCCOCCNC(=O)CCN6C(=O)C=CC6=O)C5)c(F)cc4c3=O)C2)cn1. The number of nitrogens with one attached hydrogen (secondary N) is 2. The van der Waals surface area contributed by atoms with Gasteiger partial charge in [-0.15, -0.1) is 0 Å².